The summed E-state index contributed by atoms with van der Waals surface area (Å²) in [5.41, 5.74) is 2.12. The Hall–Kier alpha value is -1.79. The summed E-state index contributed by atoms with van der Waals surface area (Å²) in [5.74, 6) is 0.464. The van der Waals surface area contributed by atoms with E-state index in [1.807, 2.05) is 36.4 Å². The normalized spacial score (nSPS) is 14.1. The van der Waals surface area contributed by atoms with Gasteiger partial charge in [0.05, 0.1) is 11.0 Å². The molecule has 114 valence electrons. The minimum Gasteiger partial charge on any atom is -0.300 e. The molecule has 0 radical (unpaired) electrons. The lowest BCUT2D eigenvalue weighted by atomic mass is 10.00. The van der Waals surface area contributed by atoms with Crippen LogP contribution in [0.1, 0.15) is 32.1 Å². The summed E-state index contributed by atoms with van der Waals surface area (Å²) >= 11 is 0. The standard InChI is InChI=1S/C13H9N.C6H10O.H3P/c1-3-7-12-10(5-1)9-11-6-2-4-8-13(11)14-12;7-6-4-2-1-3-5-6;/h1-9H;1-5H2;1H3. The van der Waals surface area contributed by atoms with Crippen LogP contribution in [0, 0.1) is 0 Å². The zero-order valence-electron chi connectivity index (χ0n) is 12.8. The van der Waals surface area contributed by atoms with Gasteiger partial charge in [0.25, 0.3) is 0 Å². The van der Waals surface area contributed by atoms with Gasteiger partial charge in [-0.15, -0.1) is 0 Å². The third kappa shape index (κ3) is 4.11. The molecule has 1 saturated carbocycles. The van der Waals surface area contributed by atoms with Crippen LogP contribution in [0.4, 0.5) is 0 Å². The van der Waals surface area contributed by atoms with Gasteiger partial charge in [-0.3, -0.25) is 4.79 Å². The van der Waals surface area contributed by atoms with Gasteiger partial charge in [-0.25, -0.2) is 4.98 Å². The first kappa shape index (κ1) is 16.6. The van der Waals surface area contributed by atoms with Gasteiger partial charge in [0, 0.05) is 23.6 Å². The van der Waals surface area contributed by atoms with E-state index in [4.69, 9.17) is 0 Å². The van der Waals surface area contributed by atoms with Crippen LogP contribution in [0.2, 0.25) is 0 Å². The number of benzene rings is 2. The third-order valence-corrected chi connectivity index (χ3v) is 3.84. The first-order valence-electron chi connectivity index (χ1n) is 7.59. The summed E-state index contributed by atoms with van der Waals surface area (Å²) in [6.45, 7) is 0. The fraction of sp³-hybridized carbons (Fsp3) is 0.263. The van der Waals surface area contributed by atoms with E-state index >= 15 is 0 Å². The summed E-state index contributed by atoms with van der Waals surface area (Å²) in [5, 5.41) is 2.40. The number of carbonyl (C=O) groups is 1. The van der Waals surface area contributed by atoms with Gasteiger partial charge < -0.3 is 0 Å². The minimum atomic E-state index is 0. The number of pyridine rings is 1. The summed E-state index contributed by atoms with van der Waals surface area (Å²) < 4.78 is 0. The molecule has 1 aromatic heterocycles. The number of rotatable bonds is 0. The van der Waals surface area contributed by atoms with Crippen LogP contribution in [-0.4, -0.2) is 10.8 Å². The number of Topliss-reactive ketones (excluding diaryl/α,β-unsaturated/α-hetero) is 1. The Morgan fingerprint density at radius 1 is 0.727 bits per heavy atom. The molecule has 3 aromatic rings. The minimum absolute atomic E-state index is 0. The molecule has 0 spiro atoms. The Morgan fingerprint density at radius 3 is 1.68 bits per heavy atom. The second-order valence-electron chi connectivity index (χ2n) is 5.47. The van der Waals surface area contributed by atoms with E-state index < -0.39 is 0 Å². The predicted molar refractivity (Wildman–Crippen MR) is 98.4 cm³/mol. The van der Waals surface area contributed by atoms with Crippen LogP contribution in [0.25, 0.3) is 21.8 Å². The van der Waals surface area contributed by atoms with Crippen molar-refractivity contribution >= 4 is 37.5 Å². The topological polar surface area (TPSA) is 30.0 Å². The van der Waals surface area contributed by atoms with Gasteiger partial charge in [-0.1, -0.05) is 42.8 Å². The summed E-state index contributed by atoms with van der Waals surface area (Å²) in [4.78, 5) is 15.0. The van der Waals surface area contributed by atoms with Crippen molar-refractivity contribution in [2.24, 2.45) is 0 Å². The molecule has 0 N–H and O–H groups in total. The molecule has 1 atom stereocenters. The molecule has 1 heterocycles. The smallest absolute Gasteiger partial charge is 0.132 e. The number of ketones is 1. The highest BCUT2D eigenvalue weighted by Crippen LogP contribution is 2.18. The van der Waals surface area contributed by atoms with E-state index in [0.29, 0.717) is 5.78 Å². The van der Waals surface area contributed by atoms with E-state index in [1.54, 1.807) is 0 Å². The zero-order chi connectivity index (χ0) is 14.5. The maximum Gasteiger partial charge on any atom is 0.132 e. The lowest BCUT2D eigenvalue weighted by Crippen LogP contribution is -2.02. The summed E-state index contributed by atoms with van der Waals surface area (Å²) in [7, 11) is 0. The van der Waals surface area contributed by atoms with Crippen molar-refractivity contribution < 1.29 is 4.79 Å². The Balaban J connectivity index is 0.000000189. The number of hydrogen-bond acceptors (Lipinski definition) is 2. The molecule has 3 heteroatoms. The highest BCUT2D eigenvalue weighted by Gasteiger charge is 2.06. The van der Waals surface area contributed by atoms with Crippen molar-refractivity contribution in [3.05, 3.63) is 54.6 Å². The first-order chi connectivity index (χ1) is 10.3. The van der Waals surface area contributed by atoms with Crippen molar-refractivity contribution in [1.29, 1.82) is 0 Å². The highest BCUT2D eigenvalue weighted by atomic mass is 31.0. The molecule has 0 aliphatic heterocycles. The lowest BCUT2D eigenvalue weighted by molar-refractivity contribution is -0.120. The molecule has 1 fully saturated rings. The van der Waals surface area contributed by atoms with E-state index in [-0.39, 0.29) is 9.90 Å². The number of nitrogens with zero attached hydrogens (tertiary/aromatic N) is 1. The molecular formula is C19H22NOP. The fourth-order valence-electron chi connectivity index (χ4n) is 2.67. The van der Waals surface area contributed by atoms with Crippen molar-refractivity contribution in [2.45, 2.75) is 32.1 Å². The Labute approximate surface area is 134 Å². The van der Waals surface area contributed by atoms with Crippen LogP contribution >= 0.6 is 9.90 Å². The van der Waals surface area contributed by atoms with Crippen molar-refractivity contribution in [1.82, 2.24) is 4.98 Å². The van der Waals surface area contributed by atoms with Gasteiger partial charge in [-0.05, 0) is 31.0 Å². The monoisotopic (exact) mass is 311 g/mol. The molecule has 1 aliphatic rings. The van der Waals surface area contributed by atoms with Crippen LogP contribution in [0.5, 0.6) is 0 Å². The number of carbonyl (C=O) groups excluding carboxylic acids is 1. The van der Waals surface area contributed by atoms with Crippen molar-refractivity contribution in [3.8, 4) is 0 Å². The van der Waals surface area contributed by atoms with Crippen LogP contribution in [-0.2, 0) is 4.79 Å². The molecule has 4 rings (SSSR count). The average molecular weight is 311 g/mol. The van der Waals surface area contributed by atoms with E-state index in [2.05, 4.69) is 23.2 Å². The fourth-order valence-corrected chi connectivity index (χ4v) is 2.67. The van der Waals surface area contributed by atoms with Gasteiger partial charge in [-0.2, -0.15) is 9.90 Å². The SMILES string of the molecule is O=C1CCCCC1.P.c1ccc2nc3ccccc3cc2c1. The summed E-state index contributed by atoms with van der Waals surface area (Å²) in [6.07, 6.45) is 5.24. The number of aromatic nitrogens is 1. The summed E-state index contributed by atoms with van der Waals surface area (Å²) in [6, 6.07) is 18.6. The molecule has 0 amide bonds. The maximum absolute atomic E-state index is 10.5. The third-order valence-electron chi connectivity index (χ3n) is 3.84. The molecular weight excluding hydrogens is 289 g/mol. The Bertz CT molecular complexity index is 656. The van der Waals surface area contributed by atoms with Gasteiger partial charge in [0.1, 0.15) is 5.78 Å². The second kappa shape index (κ2) is 8.00. The molecule has 1 aliphatic carbocycles. The molecule has 2 nitrogen and oxygen atoms in total. The molecule has 22 heavy (non-hydrogen) atoms. The molecule has 2 aromatic carbocycles. The van der Waals surface area contributed by atoms with Gasteiger partial charge in [0.2, 0.25) is 0 Å². The highest BCUT2D eigenvalue weighted by molar-refractivity contribution is 6.92. The predicted octanol–water partition coefficient (Wildman–Crippen LogP) is 4.97. The van der Waals surface area contributed by atoms with Crippen LogP contribution in [0.3, 0.4) is 0 Å². The number of para-hydroxylation sites is 2. The van der Waals surface area contributed by atoms with Crippen molar-refractivity contribution in [2.75, 3.05) is 0 Å². The van der Waals surface area contributed by atoms with Crippen molar-refractivity contribution in [3.63, 3.8) is 0 Å². The van der Waals surface area contributed by atoms with Crippen LogP contribution in [0.15, 0.2) is 54.6 Å². The molecule has 1 unspecified atom stereocenters. The quantitative estimate of drug-likeness (QED) is 0.433. The molecule has 0 bridgehead atoms. The number of hydrogen-bond donors (Lipinski definition) is 0. The van der Waals surface area contributed by atoms with Gasteiger partial charge in [0.15, 0.2) is 0 Å². The largest absolute Gasteiger partial charge is 0.300 e. The maximum atomic E-state index is 10.5. The van der Waals surface area contributed by atoms with E-state index in [0.717, 1.165) is 36.7 Å². The molecule has 0 saturated heterocycles. The van der Waals surface area contributed by atoms with E-state index in [1.165, 1.54) is 17.2 Å². The second-order valence-corrected chi connectivity index (χ2v) is 5.47. The number of fused-ring (bicyclic) bond motifs is 2. The average Bonchev–Trinajstić information content (AvgIpc) is 2.54. The first-order valence-corrected chi connectivity index (χ1v) is 7.59. The van der Waals surface area contributed by atoms with Crippen LogP contribution < -0.4 is 0 Å². The van der Waals surface area contributed by atoms with E-state index in [9.17, 15) is 4.79 Å². The lowest BCUT2D eigenvalue weighted by Gasteiger charge is -2.05. The Morgan fingerprint density at radius 2 is 1.23 bits per heavy atom. The van der Waals surface area contributed by atoms with Gasteiger partial charge >= 0.3 is 0 Å². The Kier molecular flexibility index (Phi) is 6.03. The zero-order valence-corrected chi connectivity index (χ0v) is 14.2.